The van der Waals surface area contributed by atoms with Gasteiger partial charge in [0.2, 0.25) is 17.7 Å². The van der Waals surface area contributed by atoms with Gasteiger partial charge in [0.05, 0.1) is 11.8 Å². The second-order valence-electron chi connectivity index (χ2n) is 8.59. The predicted molar refractivity (Wildman–Crippen MR) is 114 cm³/mol. The quantitative estimate of drug-likeness (QED) is 0.494. The molecule has 1 N–H and O–H groups in total. The summed E-state index contributed by atoms with van der Waals surface area (Å²) in [5, 5.41) is 2.89. The number of nitrogens with one attached hydrogen (secondary N) is 1. The number of hydrogen-bond donors (Lipinski definition) is 1. The van der Waals surface area contributed by atoms with Crippen molar-refractivity contribution < 1.29 is 14.4 Å². The number of aryl methyl sites for hydroxylation is 1. The summed E-state index contributed by atoms with van der Waals surface area (Å²) in [4.78, 5) is 41.3. The van der Waals surface area contributed by atoms with Crippen LogP contribution in [-0.2, 0) is 14.4 Å². The fourth-order valence-electron chi connectivity index (χ4n) is 5.22. The van der Waals surface area contributed by atoms with Crippen molar-refractivity contribution in [1.29, 1.82) is 0 Å². The first-order valence-corrected chi connectivity index (χ1v) is 11.6. The molecular weight excluding hydrogens is 488 g/mol. The Hall–Kier alpha value is -1.21. The second-order valence-corrected chi connectivity index (χ2v) is 10.7. The topological polar surface area (TPSA) is 66.5 Å². The van der Waals surface area contributed by atoms with E-state index >= 15 is 0 Å². The van der Waals surface area contributed by atoms with Gasteiger partial charge in [-0.15, -0.1) is 0 Å². The molecule has 0 unspecified atom stereocenters. The van der Waals surface area contributed by atoms with E-state index < -0.39 is 6.04 Å². The van der Waals surface area contributed by atoms with E-state index in [-0.39, 0.29) is 57.0 Å². The Morgan fingerprint density at radius 2 is 1.54 bits per heavy atom. The van der Waals surface area contributed by atoms with Crippen LogP contribution >= 0.6 is 31.9 Å². The van der Waals surface area contributed by atoms with Crippen LogP contribution in [0.15, 0.2) is 24.3 Å². The molecule has 5 nitrogen and oxygen atoms in total. The third-order valence-electron chi connectivity index (χ3n) is 6.52. The highest BCUT2D eigenvalue weighted by Crippen LogP contribution is 2.60. The van der Waals surface area contributed by atoms with Crippen LogP contribution in [0.3, 0.4) is 0 Å². The number of alkyl halides is 2. The minimum Gasteiger partial charge on any atom is -0.324 e. The summed E-state index contributed by atoms with van der Waals surface area (Å²) in [6.07, 6.45) is 0.883. The smallest absolute Gasteiger partial charge is 0.247 e. The molecule has 1 saturated heterocycles. The van der Waals surface area contributed by atoms with Crippen molar-refractivity contribution in [3.8, 4) is 0 Å². The first-order valence-electron chi connectivity index (χ1n) is 9.75. The number of likely N-dealkylation sites (tertiary alicyclic amines) is 1. The summed E-state index contributed by atoms with van der Waals surface area (Å²) in [6, 6.07) is 6.70. The molecule has 4 rings (SSSR count). The van der Waals surface area contributed by atoms with Gasteiger partial charge in [-0.05, 0) is 43.2 Å². The number of fused-ring (bicyclic) bond motifs is 5. The maximum atomic E-state index is 13.3. The maximum absolute atomic E-state index is 13.3. The molecule has 0 radical (unpaired) electrons. The number of nitrogens with zero attached hydrogens (tertiary/aromatic N) is 1. The number of imide groups is 1. The second kappa shape index (κ2) is 7.24. The first kappa shape index (κ1) is 20.1. The van der Waals surface area contributed by atoms with Gasteiger partial charge in [-0.3, -0.25) is 19.3 Å². The third-order valence-corrected chi connectivity index (χ3v) is 9.73. The van der Waals surface area contributed by atoms with E-state index in [0.29, 0.717) is 5.69 Å². The van der Waals surface area contributed by atoms with Crippen molar-refractivity contribution in [2.75, 3.05) is 5.32 Å². The Balaban J connectivity index is 1.60. The van der Waals surface area contributed by atoms with Crippen LogP contribution in [0.1, 0.15) is 25.8 Å². The van der Waals surface area contributed by atoms with Gasteiger partial charge in [-0.25, -0.2) is 0 Å². The molecule has 150 valence electrons. The average molecular weight is 512 g/mol. The van der Waals surface area contributed by atoms with Gasteiger partial charge in [0.25, 0.3) is 0 Å². The van der Waals surface area contributed by atoms with Gasteiger partial charge < -0.3 is 5.32 Å². The molecule has 2 saturated carbocycles. The number of carbonyl (C=O) groups excluding carboxylic acids is 3. The number of hydrogen-bond acceptors (Lipinski definition) is 3. The molecule has 2 bridgehead atoms. The Labute approximate surface area is 181 Å². The van der Waals surface area contributed by atoms with E-state index in [0.717, 1.165) is 12.0 Å². The number of anilines is 1. The highest BCUT2D eigenvalue weighted by molar-refractivity contribution is 9.12. The molecule has 28 heavy (non-hydrogen) atoms. The highest BCUT2D eigenvalue weighted by Gasteiger charge is 2.67. The molecule has 1 heterocycles. The third kappa shape index (κ3) is 2.96. The van der Waals surface area contributed by atoms with Gasteiger partial charge >= 0.3 is 0 Å². The minimum atomic E-state index is -0.797. The van der Waals surface area contributed by atoms with Crippen molar-refractivity contribution in [1.82, 2.24) is 4.90 Å². The maximum Gasteiger partial charge on any atom is 0.247 e. The Morgan fingerprint density at radius 1 is 1.04 bits per heavy atom. The molecule has 3 amide bonds. The van der Waals surface area contributed by atoms with Crippen molar-refractivity contribution in [3.05, 3.63) is 29.8 Å². The van der Waals surface area contributed by atoms with Gasteiger partial charge in [0, 0.05) is 15.3 Å². The van der Waals surface area contributed by atoms with E-state index in [1.165, 1.54) is 4.90 Å². The first-order chi connectivity index (χ1) is 13.2. The van der Waals surface area contributed by atoms with E-state index in [9.17, 15) is 14.4 Å². The summed E-state index contributed by atoms with van der Waals surface area (Å²) in [5.74, 6) is -1.14. The summed E-state index contributed by atoms with van der Waals surface area (Å²) >= 11 is 7.40. The van der Waals surface area contributed by atoms with Gasteiger partial charge in [-0.1, -0.05) is 63.4 Å². The lowest BCUT2D eigenvalue weighted by molar-refractivity contribution is -0.148. The molecular formula is C21H24Br2N2O3. The van der Waals surface area contributed by atoms with Crippen LogP contribution in [0.25, 0.3) is 0 Å². The van der Waals surface area contributed by atoms with Crippen molar-refractivity contribution in [2.24, 2.45) is 29.6 Å². The minimum absolute atomic E-state index is 0.147. The molecule has 7 atom stereocenters. The lowest BCUT2D eigenvalue weighted by Crippen LogP contribution is -2.51. The summed E-state index contributed by atoms with van der Waals surface area (Å²) in [5.41, 5.74) is 1.77. The van der Waals surface area contributed by atoms with Crippen LogP contribution < -0.4 is 5.32 Å². The zero-order valence-electron chi connectivity index (χ0n) is 16.1. The van der Waals surface area contributed by atoms with Crippen LogP contribution in [0.5, 0.6) is 0 Å². The van der Waals surface area contributed by atoms with E-state index in [1.807, 2.05) is 45.0 Å². The Kier molecular flexibility index (Phi) is 5.19. The van der Waals surface area contributed by atoms with E-state index in [2.05, 4.69) is 37.2 Å². The molecule has 0 aromatic heterocycles. The molecule has 0 spiro atoms. The fourth-order valence-corrected chi connectivity index (χ4v) is 7.09. The standard InChI is InChI=1S/C21H24Br2N2O3/c1-9(2)18(19(26)24-11-6-4-10(3)5-7-11)25-20(27)14-12-8-13(15(14)21(25)28)17(23)16(12)22/h4-7,9,12-18H,8H2,1-3H3,(H,24,26)/t12-,13-,14-,15+,16-,17+,18-/m0/s1. The highest BCUT2D eigenvalue weighted by atomic mass is 79.9. The van der Waals surface area contributed by atoms with Crippen LogP contribution in [0.2, 0.25) is 0 Å². The van der Waals surface area contributed by atoms with Gasteiger partial charge in [0.1, 0.15) is 6.04 Å². The molecule has 3 fully saturated rings. The lowest BCUT2D eigenvalue weighted by Gasteiger charge is -2.29. The van der Waals surface area contributed by atoms with Crippen molar-refractivity contribution in [2.45, 2.75) is 42.9 Å². The molecule has 1 aromatic rings. The molecule has 3 aliphatic rings. The van der Waals surface area contributed by atoms with Crippen LogP contribution in [0.4, 0.5) is 5.69 Å². The van der Waals surface area contributed by atoms with Crippen molar-refractivity contribution >= 4 is 55.3 Å². The van der Waals surface area contributed by atoms with Crippen LogP contribution in [-0.4, -0.2) is 38.3 Å². The Bertz CT molecular complexity index is 793. The molecule has 1 aliphatic heterocycles. The number of amides is 3. The van der Waals surface area contributed by atoms with Gasteiger partial charge in [-0.2, -0.15) is 0 Å². The number of carbonyl (C=O) groups is 3. The fraction of sp³-hybridized carbons (Fsp3) is 0.571. The number of benzene rings is 1. The summed E-state index contributed by atoms with van der Waals surface area (Å²) < 4.78 is 0. The van der Waals surface area contributed by atoms with Gasteiger partial charge in [0.15, 0.2) is 0 Å². The number of halogens is 2. The van der Waals surface area contributed by atoms with Crippen LogP contribution in [0, 0.1) is 36.5 Å². The SMILES string of the molecule is Cc1ccc(NC(=O)[C@H](C(C)C)N2C(=O)[C@@H]3[C@@H]4C[C@H]([C@H](Br)[C@@H]4Br)[C@@H]3C2=O)cc1. The summed E-state index contributed by atoms with van der Waals surface area (Å²) in [7, 11) is 0. The normalized spacial score (nSPS) is 34.9. The number of rotatable bonds is 4. The van der Waals surface area contributed by atoms with Crippen molar-refractivity contribution in [3.63, 3.8) is 0 Å². The zero-order valence-corrected chi connectivity index (χ0v) is 19.2. The Morgan fingerprint density at radius 3 is 2.00 bits per heavy atom. The van der Waals surface area contributed by atoms with E-state index in [4.69, 9.17) is 0 Å². The summed E-state index contributed by atoms with van der Waals surface area (Å²) in [6.45, 7) is 5.73. The zero-order chi connectivity index (χ0) is 20.3. The largest absolute Gasteiger partial charge is 0.324 e. The average Bonchev–Trinajstić information content (AvgIpc) is 3.24. The van der Waals surface area contributed by atoms with E-state index in [1.54, 1.807) is 0 Å². The monoisotopic (exact) mass is 510 g/mol. The molecule has 2 aliphatic carbocycles. The molecule has 7 heteroatoms. The predicted octanol–water partition coefficient (Wildman–Crippen LogP) is 3.74. The lowest BCUT2D eigenvalue weighted by atomic mass is 9.81. The molecule has 1 aromatic carbocycles.